The third-order valence-corrected chi connectivity index (χ3v) is 2.78. The summed E-state index contributed by atoms with van der Waals surface area (Å²) in [6, 6.07) is 4.24. The molecule has 0 aliphatic rings. The van der Waals surface area contributed by atoms with E-state index >= 15 is 0 Å². The average Bonchev–Trinajstić information content (AvgIpc) is 2.38. The van der Waals surface area contributed by atoms with E-state index in [0.717, 1.165) is 23.0 Å². The molecule has 0 atom stereocenters. The Balaban J connectivity index is 2.61. The maximum Gasteiger partial charge on any atom is 0.416 e. The first-order chi connectivity index (χ1) is 9.34. The number of aromatic nitrogens is 2. The Morgan fingerprint density at radius 2 is 2.05 bits per heavy atom. The molecule has 106 valence electrons. The molecule has 1 heterocycles. The Bertz CT molecular complexity index is 698. The van der Waals surface area contributed by atoms with Gasteiger partial charge in [-0.25, -0.2) is 0 Å². The van der Waals surface area contributed by atoms with Crippen LogP contribution in [0.15, 0.2) is 35.3 Å². The number of alkyl halides is 3. The molecule has 0 N–H and O–H groups in total. The fourth-order valence-electron chi connectivity index (χ4n) is 1.60. The third kappa shape index (κ3) is 2.62. The van der Waals surface area contributed by atoms with Crippen molar-refractivity contribution in [2.24, 2.45) is 0 Å². The maximum absolute atomic E-state index is 12.6. The summed E-state index contributed by atoms with van der Waals surface area (Å²) in [6.45, 7) is 0. The van der Waals surface area contributed by atoms with Gasteiger partial charge in [-0.15, -0.1) is 0 Å². The first kappa shape index (κ1) is 14.4. The van der Waals surface area contributed by atoms with Crippen molar-refractivity contribution in [3.63, 3.8) is 0 Å². The molecule has 0 unspecified atom stereocenters. The minimum Gasteiger partial charge on any atom is -0.490 e. The van der Waals surface area contributed by atoms with Crippen LogP contribution in [-0.4, -0.2) is 16.9 Å². The molecule has 2 rings (SSSR count). The van der Waals surface area contributed by atoms with Gasteiger partial charge in [0.2, 0.25) is 5.75 Å². The summed E-state index contributed by atoms with van der Waals surface area (Å²) in [4.78, 5) is 12.0. The second-order valence-corrected chi connectivity index (χ2v) is 4.20. The minimum absolute atomic E-state index is 0.0132. The van der Waals surface area contributed by atoms with Gasteiger partial charge in [0.25, 0.3) is 0 Å². The van der Waals surface area contributed by atoms with Crippen LogP contribution in [0.5, 0.6) is 5.75 Å². The highest BCUT2D eigenvalue weighted by Crippen LogP contribution is 2.30. The van der Waals surface area contributed by atoms with Crippen LogP contribution in [0.4, 0.5) is 13.2 Å². The SMILES string of the molecule is COc1c(Cl)cnn(-c2cccc(C(F)(F)F)c2)c1=O. The summed E-state index contributed by atoms with van der Waals surface area (Å²) < 4.78 is 43.5. The van der Waals surface area contributed by atoms with Crippen LogP contribution >= 0.6 is 11.6 Å². The Morgan fingerprint density at radius 3 is 2.65 bits per heavy atom. The summed E-state index contributed by atoms with van der Waals surface area (Å²) >= 11 is 5.71. The Kier molecular flexibility index (Phi) is 3.71. The molecule has 0 saturated carbocycles. The lowest BCUT2D eigenvalue weighted by Crippen LogP contribution is -2.22. The van der Waals surface area contributed by atoms with Gasteiger partial charge in [0, 0.05) is 0 Å². The second-order valence-electron chi connectivity index (χ2n) is 3.79. The van der Waals surface area contributed by atoms with Crippen molar-refractivity contribution in [3.05, 3.63) is 51.4 Å². The summed E-state index contributed by atoms with van der Waals surface area (Å²) in [5, 5.41) is 3.69. The van der Waals surface area contributed by atoms with E-state index in [4.69, 9.17) is 16.3 Å². The highest BCUT2D eigenvalue weighted by atomic mass is 35.5. The molecule has 0 bridgehead atoms. The first-order valence-corrected chi connectivity index (χ1v) is 5.72. The van der Waals surface area contributed by atoms with Crippen molar-refractivity contribution in [1.29, 1.82) is 0 Å². The maximum atomic E-state index is 12.6. The highest BCUT2D eigenvalue weighted by Gasteiger charge is 2.30. The van der Waals surface area contributed by atoms with E-state index in [9.17, 15) is 18.0 Å². The van der Waals surface area contributed by atoms with Gasteiger partial charge in [0.1, 0.15) is 5.02 Å². The number of benzene rings is 1. The molecule has 1 aromatic carbocycles. The van der Waals surface area contributed by atoms with Crippen molar-refractivity contribution in [3.8, 4) is 11.4 Å². The Labute approximate surface area is 116 Å². The predicted molar refractivity (Wildman–Crippen MR) is 66.4 cm³/mol. The van der Waals surface area contributed by atoms with Gasteiger partial charge in [0.15, 0.2) is 0 Å². The lowest BCUT2D eigenvalue weighted by atomic mass is 10.2. The molecule has 0 aliphatic carbocycles. The monoisotopic (exact) mass is 304 g/mol. The number of nitrogens with zero attached hydrogens (tertiary/aromatic N) is 2. The zero-order valence-electron chi connectivity index (χ0n) is 10.1. The smallest absolute Gasteiger partial charge is 0.416 e. The molecule has 0 fully saturated rings. The number of rotatable bonds is 2. The summed E-state index contributed by atoms with van der Waals surface area (Å²) in [5.41, 5.74) is -1.64. The standard InChI is InChI=1S/C12H8ClF3N2O2/c1-20-10-9(13)6-17-18(11(10)19)8-4-2-3-7(5-8)12(14,15)16/h2-6H,1H3. The molecule has 0 spiro atoms. The summed E-state index contributed by atoms with van der Waals surface area (Å²) in [6.07, 6.45) is -3.38. The molecular formula is C12H8ClF3N2O2. The lowest BCUT2D eigenvalue weighted by molar-refractivity contribution is -0.137. The van der Waals surface area contributed by atoms with Crippen LogP contribution in [0.3, 0.4) is 0 Å². The Morgan fingerprint density at radius 1 is 1.35 bits per heavy atom. The van der Waals surface area contributed by atoms with E-state index < -0.39 is 17.3 Å². The molecule has 4 nitrogen and oxygen atoms in total. The first-order valence-electron chi connectivity index (χ1n) is 5.34. The average molecular weight is 305 g/mol. The van der Waals surface area contributed by atoms with Crippen LogP contribution < -0.4 is 10.3 Å². The van der Waals surface area contributed by atoms with Gasteiger partial charge in [-0.3, -0.25) is 4.79 Å². The van der Waals surface area contributed by atoms with E-state index in [-0.39, 0.29) is 16.5 Å². The molecular weight excluding hydrogens is 297 g/mol. The number of hydrogen-bond acceptors (Lipinski definition) is 3. The van der Waals surface area contributed by atoms with E-state index in [1.54, 1.807) is 0 Å². The topological polar surface area (TPSA) is 44.1 Å². The van der Waals surface area contributed by atoms with Crippen molar-refractivity contribution in [2.75, 3.05) is 7.11 Å². The molecule has 0 radical (unpaired) electrons. The predicted octanol–water partition coefficient (Wildman–Crippen LogP) is 2.91. The normalized spacial score (nSPS) is 11.4. The fraction of sp³-hybridized carbons (Fsp3) is 0.167. The quantitative estimate of drug-likeness (QED) is 0.857. The third-order valence-electron chi connectivity index (χ3n) is 2.51. The van der Waals surface area contributed by atoms with Gasteiger partial charge < -0.3 is 4.74 Å². The number of hydrogen-bond donors (Lipinski definition) is 0. The van der Waals surface area contributed by atoms with Gasteiger partial charge >= 0.3 is 11.7 Å². The van der Waals surface area contributed by atoms with Crippen molar-refractivity contribution < 1.29 is 17.9 Å². The van der Waals surface area contributed by atoms with Crippen LogP contribution in [0, 0.1) is 0 Å². The van der Waals surface area contributed by atoms with Gasteiger partial charge in [-0.2, -0.15) is 23.0 Å². The van der Waals surface area contributed by atoms with E-state index in [2.05, 4.69) is 5.10 Å². The van der Waals surface area contributed by atoms with Crippen molar-refractivity contribution in [2.45, 2.75) is 6.18 Å². The van der Waals surface area contributed by atoms with Crippen LogP contribution in [0.1, 0.15) is 5.56 Å². The largest absolute Gasteiger partial charge is 0.490 e. The highest BCUT2D eigenvalue weighted by molar-refractivity contribution is 6.31. The lowest BCUT2D eigenvalue weighted by Gasteiger charge is -2.10. The van der Waals surface area contributed by atoms with Crippen LogP contribution in [-0.2, 0) is 6.18 Å². The summed E-state index contributed by atoms with van der Waals surface area (Å²) in [5.74, 6) is -0.181. The zero-order chi connectivity index (χ0) is 14.9. The van der Waals surface area contributed by atoms with Crippen molar-refractivity contribution in [1.82, 2.24) is 9.78 Å². The molecule has 0 aliphatic heterocycles. The zero-order valence-corrected chi connectivity index (χ0v) is 10.9. The van der Waals surface area contributed by atoms with E-state index in [0.29, 0.717) is 0 Å². The van der Waals surface area contributed by atoms with Crippen LogP contribution in [0.25, 0.3) is 5.69 Å². The molecule has 20 heavy (non-hydrogen) atoms. The van der Waals surface area contributed by atoms with Gasteiger partial charge in [-0.1, -0.05) is 17.7 Å². The minimum atomic E-state index is -4.50. The second kappa shape index (κ2) is 5.16. The molecule has 8 heteroatoms. The fourth-order valence-corrected chi connectivity index (χ4v) is 1.80. The number of ether oxygens (including phenoxy) is 1. The van der Waals surface area contributed by atoms with Gasteiger partial charge in [-0.05, 0) is 18.2 Å². The molecule has 0 saturated heterocycles. The van der Waals surface area contributed by atoms with Crippen LogP contribution in [0.2, 0.25) is 5.02 Å². The van der Waals surface area contributed by atoms with E-state index in [1.165, 1.54) is 19.2 Å². The van der Waals surface area contributed by atoms with Gasteiger partial charge in [0.05, 0.1) is 24.6 Å². The Hall–Kier alpha value is -2.02. The summed E-state index contributed by atoms with van der Waals surface area (Å²) in [7, 11) is 1.24. The molecule has 1 aromatic heterocycles. The number of halogens is 4. The number of methoxy groups -OCH3 is 1. The van der Waals surface area contributed by atoms with E-state index in [1.807, 2.05) is 0 Å². The van der Waals surface area contributed by atoms with Crippen molar-refractivity contribution >= 4 is 11.6 Å². The molecule has 0 amide bonds. The molecule has 2 aromatic rings.